The molecule has 0 saturated heterocycles. The molecule has 102 valence electrons. The molecule has 2 aromatic heterocycles. The molecule has 0 aliphatic rings. The topological polar surface area (TPSA) is 68.8 Å². The highest BCUT2D eigenvalue weighted by atomic mass is 15.3. The predicted octanol–water partition coefficient (Wildman–Crippen LogP) is 1.83. The highest BCUT2D eigenvalue weighted by molar-refractivity contribution is 5.85. The van der Waals surface area contributed by atoms with Crippen LogP contribution in [0.15, 0.2) is 42.9 Å². The van der Waals surface area contributed by atoms with Gasteiger partial charge in [-0.15, -0.1) is 0 Å². The van der Waals surface area contributed by atoms with Gasteiger partial charge in [-0.3, -0.25) is 15.5 Å². The van der Waals surface area contributed by atoms with Gasteiger partial charge in [0.2, 0.25) is 0 Å². The lowest BCUT2D eigenvalue weighted by molar-refractivity contribution is 0.635. The van der Waals surface area contributed by atoms with Crippen LogP contribution < -0.4 is 11.3 Å². The molecule has 1 unspecified atom stereocenters. The molecule has 0 radical (unpaired) electrons. The summed E-state index contributed by atoms with van der Waals surface area (Å²) in [7, 11) is 1.91. The third-order valence-electron chi connectivity index (χ3n) is 3.54. The lowest BCUT2D eigenvalue weighted by Gasteiger charge is -2.17. The van der Waals surface area contributed by atoms with Crippen LogP contribution in [0.5, 0.6) is 0 Å². The van der Waals surface area contributed by atoms with Crippen molar-refractivity contribution < 1.29 is 0 Å². The summed E-state index contributed by atoms with van der Waals surface area (Å²) in [6.07, 6.45) is 5.71. The Morgan fingerprint density at radius 2 is 2.00 bits per heavy atom. The maximum Gasteiger partial charge on any atom is 0.0764 e. The van der Waals surface area contributed by atoms with E-state index in [2.05, 4.69) is 27.6 Å². The first-order chi connectivity index (χ1) is 9.70. The second-order valence-electron chi connectivity index (χ2n) is 4.89. The van der Waals surface area contributed by atoms with Crippen molar-refractivity contribution in [1.29, 1.82) is 0 Å². The molecule has 1 atom stereocenters. The Kier molecular flexibility index (Phi) is 3.22. The van der Waals surface area contributed by atoms with Gasteiger partial charge in [0.05, 0.1) is 11.7 Å². The summed E-state index contributed by atoms with van der Waals surface area (Å²) in [6, 6.07) is 8.05. The van der Waals surface area contributed by atoms with Gasteiger partial charge in [-0.2, -0.15) is 5.10 Å². The summed E-state index contributed by atoms with van der Waals surface area (Å²) in [5, 5.41) is 6.64. The summed E-state index contributed by atoms with van der Waals surface area (Å²) in [4.78, 5) is 4.32. The molecule has 3 N–H and O–H groups in total. The Hall–Kier alpha value is -2.24. The van der Waals surface area contributed by atoms with E-state index in [9.17, 15) is 0 Å². The predicted molar refractivity (Wildman–Crippen MR) is 78.9 cm³/mol. The number of nitrogens with one attached hydrogen (secondary N) is 1. The van der Waals surface area contributed by atoms with Crippen LogP contribution in [0.1, 0.15) is 22.9 Å². The number of aromatic nitrogens is 3. The van der Waals surface area contributed by atoms with E-state index < -0.39 is 0 Å². The number of benzene rings is 1. The molecule has 3 aromatic rings. The second-order valence-corrected chi connectivity index (χ2v) is 4.89. The smallest absolute Gasteiger partial charge is 0.0764 e. The SMILES string of the molecule is Cc1nn(C)cc1C(NN)c1cncc2ccccc12. The van der Waals surface area contributed by atoms with Crippen molar-refractivity contribution in [3.8, 4) is 0 Å². The van der Waals surface area contributed by atoms with Crippen LogP contribution in [0.25, 0.3) is 10.8 Å². The number of rotatable bonds is 3. The van der Waals surface area contributed by atoms with Crippen LogP contribution in [0.3, 0.4) is 0 Å². The van der Waals surface area contributed by atoms with Gasteiger partial charge in [0.25, 0.3) is 0 Å². The van der Waals surface area contributed by atoms with Crippen LogP contribution in [0, 0.1) is 6.92 Å². The molecule has 2 heterocycles. The number of fused-ring (bicyclic) bond motifs is 1. The molecule has 5 nitrogen and oxygen atoms in total. The molecule has 0 aliphatic heterocycles. The first-order valence-corrected chi connectivity index (χ1v) is 6.49. The van der Waals surface area contributed by atoms with Crippen molar-refractivity contribution in [2.24, 2.45) is 12.9 Å². The standard InChI is InChI=1S/C15H17N5/c1-10-14(9-20(2)19-10)15(18-16)13-8-17-7-11-5-3-4-6-12(11)13/h3-9,15,18H,16H2,1-2H3. The lowest BCUT2D eigenvalue weighted by Crippen LogP contribution is -2.29. The number of nitrogens with zero attached hydrogens (tertiary/aromatic N) is 3. The largest absolute Gasteiger partial charge is 0.275 e. The van der Waals surface area contributed by atoms with E-state index in [-0.39, 0.29) is 6.04 Å². The minimum Gasteiger partial charge on any atom is -0.275 e. The summed E-state index contributed by atoms with van der Waals surface area (Å²) < 4.78 is 1.80. The van der Waals surface area contributed by atoms with Gasteiger partial charge in [-0.05, 0) is 12.3 Å². The van der Waals surface area contributed by atoms with Crippen LogP contribution in [-0.4, -0.2) is 14.8 Å². The van der Waals surface area contributed by atoms with E-state index in [0.29, 0.717) is 0 Å². The van der Waals surface area contributed by atoms with E-state index >= 15 is 0 Å². The highest BCUT2D eigenvalue weighted by Gasteiger charge is 2.19. The second kappa shape index (κ2) is 5.03. The zero-order valence-electron chi connectivity index (χ0n) is 11.5. The lowest BCUT2D eigenvalue weighted by atomic mass is 9.97. The Morgan fingerprint density at radius 3 is 2.70 bits per heavy atom. The molecule has 3 rings (SSSR count). The molecule has 0 bridgehead atoms. The minimum atomic E-state index is -0.123. The maximum absolute atomic E-state index is 5.79. The molecule has 0 spiro atoms. The van der Waals surface area contributed by atoms with Crippen molar-refractivity contribution in [2.45, 2.75) is 13.0 Å². The Labute approximate surface area is 117 Å². The maximum atomic E-state index is 5.79. The molecule has 0 fully saturated rings. The van der Waals surface area contributed by atoms with Crippen LogP contribution >= 0.6 is 0 Å². The Bertz CT molecular complexity index is 742. The summed E-state index contributed by atoms with van der Waals surface area (Å²) in [5.41, 5.74) is 5.97. The quantitative estimate of drug-likeness (QED) is 0.561. The molecular weight excluding hydrogens is 250 g/mol. The summed E-state index contributed by atoms with van der Waals surface area (Å²) in [5.74, 6) is 5.79. The third kappa shape index (κ3) is 2.07. The molecule has 0 saturated carbocycles. The van der Waals surface area contributed by atoms with Crippen molar-refractivity contribution >= 4 is 10.8 Å². The average Bonchev–Trinajstić information content (AvgIpc) is 2.79. The zero-order chi connectivity index (χ0) is 14.1. The van der Waals surface area contributed by atoms with Crippen LogP contribution in [0.4, 0.5) is 0 Å². The molecule has 0 amide bonds. The Balaban J connectivity index is 2.19. The number of hydrazine groups is 1. The fourth-order valence-electron chi connectivity index (χ4n) is 2.62. The van der Waals surface area contributed by atoms with E-state index in [1.54, 1.807) is 4.68 Å². The van der Waals surface area contributed by atoms with Crippen molar-refractivity contribution in [1.82, 2.24) is 20.2 Å². The molecular formula is C15H17N5. The van der Waals surface area contributed by atoms with E-state index in [4.69, 9.17) is 5.84 Å². The fraction of sp³-hybridized carbons (Fsp3) is 0.200. The first-order valence-electron chi connectivity index (χ1n) is 6.49. The number of hydrogen-bond donors (Lipinski definition) is 2. The molecule has 0 aliphatic carbocycles. The first kappa shape index (κ1) is 12.8. The zero-order valence-corrected chi connectivity index (χ0v) is 11.5. The fourth-order valence-corrected chi connectivity index (χ4v) is 2.62. The van der Waals surface area contributed by atoms with Gasteiger partial charge in [0.1, 0.15) is 0 Å². The third-order valence-corrected chi connectivity index (χ3v) is 3.54. The number of pyridine rings is 1. The van der Waals surface area contributed by atoms with E-state index in [1.807, 2.05) is 44.7 Å². The minimum absolute atomic E-state index is 0.123. The molecule has 5 heteroatoms. The average molecular weight is 267 g/mol. The van der Waals surface area contributed by atoms with Gasteiger partial charge in [0, 0.05) is 42.2 Å². The molecule has 1 aromatic carbocycles. The monoisotopic (exact) mass is 267 g/mol. The van der Waals surface area contributed by atoms with Crippen molar-refractivity contribution in [2.75, 3.05) is 0 Å². The van der Waals surface area contributed by atoms with E-state index in [0.717, 1.165) is 27.6 Å². The summed E-state index contributed by atoms with van der Waals surface area (Å²) in [6.45, 7) is 1.98. The van der Waals surface area contributed by atoms with Crippen LogP contribution in [0.2, 0.25) is 0 Å². The van der Waals surface area contributed by atoms with Crippen LogP contribution in [-0.2, 0) is 7.05 Å². The van der Waals surface area contributed by atoms with Gasteiger partial charge in [0.15, 0.2) is 0 Å². The summed E-state index contributed by atoms with van der Waals surface area (Å²) >= 11 is 0. The normalized spacial score (nSPS) is 12.8. The van der Waals surface area contributed by atoms with Crippen molar-refractivity contribution in [3.63, 3.8) is 0 Å². The number of hydrogen-bond acceptors (Lipinski definition) is 4. The number of nitrogens with two attached hydrogens (primary N) is 1. The van der Waals surface area contributed by atoms with E-state index in [1.165, 1.54) is 0 Å². The van der Waals surface area contributed by atoms with Gasteiger partial charge in [-0.1, -0.05) is 24.3 Å². The van der Waals surface area contributed by atoms with Gasteiger partial charge in [-0.25, -0.2) is 5.43 Å². The van der Waals surface area contributed by atoms with Gasteiger partial charge < -0.3 is 0 Å². The van der Waals surface area contributed by atoms with Gasteiger partial charge >= 0.3 is 0 Å². The highest BCUT2D eigenvalue weighted by Crippen LogP contribution is 2.28. The Morgan fingerprint density at radius 1 is 1.20 bits per heavy atom. The van der Waals surface area contributed by atoms with Crippen molar-refractivity contribution in [3.05, 3.63) is 59.7 Å². The number of aryl methyl sites for hydroxylation is 2. The molecule has 20 heavy (non-hydrogen) atoms.